The zero-order valence-corrected chi connectivity index (χ0v) is 23.0. The minimum atomic E-state index is -1.01. The van der Waals surface area contributed by atoms with Crippen molar-refractivity contribution < 1.29 is 14.3 Å². The number of para-hydroxylation sites is 1. The van der Waals surface area contributed by atoms with Crippen LogP contribution in [-0.4, -0.2) is 20.9 Å². The molecule has 4 aromatic carbocycles. The average Bonchev–Trinajstić information content (AvgIpc) is 3.37. The lowest BCUT2D eigenvalue weighted by Crippen LogP contribution is -2.14. The second kappa shape index (κ2) is 10.4. The lowest BCUT2D eigenvalue weighted by atomic mass is 9.98. The Balaban J connectivity index is 1.43. The molecule has 0 saturated carbocycles. The number of aryl methyl sites for hydroxylation is 1. The van der Waals surface area contributed by atoms with Crippen LogP contribution in [0.4, 0.5) is 5.69 Å². The van der Waals surface area contributed by atoms with Gasteiger partial charge in [-0.1, -0.05) is 48.5 Å². The Morgan fingerprint density at radius 2 is 1.76 bits per heavy atom. The molecule has 0 aliphatic heterocycles. The first-order valence-electron chi connectivity index (χ1n) is 13.5. The van der Waals surface area contributed by atoms with Crippen molar-refractivity contribution in [1.82, 2.24) is 9.78 Å². The number of carboxylic acid groups (broad SMARTS) is 1. The zero-order chi connectivity index (χ0) is 28.7. The van der Waals surface area contributed by atoms with Crippen molar-refractivity contribution >= 4 is 33.5 Å². The van der Waals surface area contributed by atoms with E-state index < -0.39 is 5.97 Å². The highest BCUT2D eigenvalue weighted by Gasteiger charge is 2.20. The summed E-state index contributed by atoms with van der Waals surface area (Å²) in [5.41, 5.74) is 6.22. The quantitative estimate of drug-likeness (QED) is 0.219. The number of benzene rings is 4. The summed E-state index contributed by atoms with van der Waals surface area (Å²) in [6, 6.07) is 26.4. The van der Waals surface area contributed by atoms with Gasteiger partial charge in [0.15, 0.2) is 5.43 Å². The van der Waals surface area contributed by atoms with E-state index in [9.17, 15) is 14.7 Å². The average molecular weight is 544 g/mol. The van der Waals surface area contributed by atoms with Crippen LogP contribution >= 0.6 is 0 Å². The molecule has 0 radical (unpaired) electrons. The number of carbonyl (C=O) groups is 1. The number of aromatic nitrogens is 2. The molecule has 204 valence electrons. The number of hydrogen-bond acceptors (Lipinski definition) is 5. The van der Waals surface area contributed by atoms with E-state index in [1.165, 1.54) is 0 Å². The number of fused-ring (bicyclic) bond motifs is 2. The highest BCUT2D eigenvalue weighted by molar-refractivity contribution is 5.94. The van der Waals surface area contributed by atoms with Crippen molar-refractivity contribution in [2.75, 3.05) is 5.32 Å². The number of carboxylic acids is 1. The molecular formula is C34H29N3O4. The summed E-state index contributed by atoms with van der Waals surface area (Å²) in [6.07, 6.45) is 1.83. The molecule has 0 spiro atoms. The summed E-state index contributed by atoms with van der Waals surface area (Å²) in [7, 11) is 0. The van der Waals surface area contributed by atoms with Crippen LogP contribution in [0.5, 0.6) is 0 Å². The topological polar surface area (TPSA) is 97.4 Å². The van der Waals surface area contributed by atoms with Crippen LogP contribution in [0.1, 0.15) is 45.6 Å². The van der Waals surface area contributed by atoms with Crippen molar-refractivity contribution in [3.63, 3.8) is 0 Å². The van der Waals surface area contributed by atoms with Crippen molar-refractivity contribution in [1.29, 1.82) is 0 Å². The van der Waals surface area contributed by atoms with Crippen LogP contribution in [0.3, 0.4) is 0 Å². The Morgan fingerprint density at radius 3 is 2.54 bits per heavy atom. The van der Waals surface area contributed by atoms with E-state index in [4.69, 9.17) is 4.42 Å². The van der Waals surface area contributed by atoms with Crippen LogP contribution in [0.25, 0.3) is 33.2 Å². The second-order valence-corrected chi connectivity index (χ2v) is 10.4. The largest absolute Gasteiger partial charge is 0.478 e. The summed E-state index contributed by atoms with van der Waals surface area (Å²) in [5, 5.41) is 19.0. The monoisotopic (exact) mass is 543 g/mol. The molecule has 2 aromatic heterocycles. The Kier molecular flexibility index (Phi) is 6.63. The first-order chi connectivity index (χ1) is 19.8. The van der Waals surface area contributed by atoms with Crippen molar-refractivity contribution in [2.45, 2.75) is 33.4 Å². The number of hydrogen-bond donors (Lipinski definition) is 2. The van der Waals surface area contributed by atoms with Crippen molar-refractivity contribution in [3.05, 3.63) is 129 Å². The highest BCUT2D eigenvalue weighted by Crippen LogP contribution is 2.33. The molecule has 2 N–H and O–H groups in total. The van der Waals surface area contributed by atoms with Gasteiger partial charge in [-0.3, -0.25) is 9.48 Å². The van der Waals surface area contributed by atoms with Gasteiger partial charge in [0.05, 0.1) is 35.2 Å². The normalized spacial score (nSPS) is 12.1. The predicted molar refractivity (Wildman–Crippen MR) is 162 cm³/mol. The smallest absolute Gasteiger partial charge is 0.337 e. The second-order valence-electron chi connectivity index (χ2n) is 10.4. The molecule has 2 heterocycles. The standard InChI is InChI=1S/C34H29N3O4/c1-20-15-27(22(3)36-29-12-8-7-11-26(29)34(39)40)33-28(16-20)31(38)21(2)32(41-33)24-13-14-30-25(17-24)18-35-37(30)19-23-9-5-4-6-10-23/h4-18,22,36H,19H2,1-3H3,(H,39,40). The van der Waals surface area contributed by atoms with E-state index in [1.807, 2.05) is 73.3 Å². The minimum absolute atomic E-state index is 0.0933. The fourth-order valence-electron chi connectivity index (χ4n) is 5.38. The summed E-state index contributed by atoms with van der Waals surface area (Å²) in [5.74, 6) is -0.509. The molecule has 0 fully saturated rings. The summed E-state index contributed by atoms with van der Waals surface area (Å²) in [6.45, 7) is 6.31. The van der Waals surface area contributed by atoms with Crippen molar-refractivity contribution in [3.8, 4) is 11.3 Å². The van der Waals surface area contributed by atoms with E-state index in [-0.39, 0.29) is 17.0 Å². The molecule has 0 saturated heterocycles. The van der Waals surface area contributed by atoms with Gasteiger partial charge < -0.3 is 14.8 Å². The lowest BCUT2D eigenvalue weighted by molar-refractivity contribution is 0.0698. The first-order valence-corrected chi connectivity index (χ1v) is 13.5. The molecule has 0 amide bonds. The van der Waals surface area contributed by atoms with Gasteiger partial charge in [0, 0.05) is 27.8 Å². The maximum atomic E-state index is 13.6. The summed E-state index contributed by atoms with van der Waals surface area (Å²) < 4.78 is 8.51. The summed E-state index contributed by atoms with van der Waals surface area (Å²) >= 11 is 0. The van der Waals surface area contributed by atoms with E-state index in [0.29, 0.717) is 34.5 Å². The van der Waals surface area contributed by atoms with Crippen LogP contribution in [-0.2, 0) is 6.54 Å². The van der Waals surface area contributed by atoms with Gasteiger partial charge in [-0.05, 0) is 68.3 Å². The molecule has 6 rings (SSSR count). The third-order valence-corrected chi connectivity index (χ3v) is 7.47. The minimum Gasteiger partial charge on any atom is -0.478 e. The molecular weight excluding hydrogens is 514 g/mol. The van der Waals surface area contributed by atoms with Gasteiger partial charge >= 0.3 is 5.97 Å². The Morgan fingerprint density at radius 1 is 1.00 bits per heavy atom. The Hall–Kier alpha value is -5.17. The van der Waals surface area contributed by atoms with E-state index >= 15 is 0 Å². The number of anilines is 1. The van der Waals surface area contributed by atoms with E-state index in [0.717, 1.165) is 33.2 Å². The van der Waals surface area contributed by atoms with Gasteiger partial charge in [-0.15, -0.1) is 0 Å². The summed E-state index contributed by atoms with van der Waals surface area (Å²) in [4.78, 5) is 25.4. The number of rotatable bonds is 7. The third kappa shape index (κ3) is 4.87. The molecule has 41 heavy (non-hydrogen) atoms. The number of nitrogens with zero attached hydrogens (tertiary/aromatic N) is 2. The molecule has 7 heteroatoms. The highest BCUT2D eigenvalue weighted by atomic mass is 16.4. The predicted octanol–water partition coefficient (Wildman–Crippen LogP) is 7.35. The maximum absolute atomic E-state index is 13.6. The van der Waals surface area contributed by atoms with Gasteiger partial charge in [0.1, 0.15) is 11.3 Å². The SMILES string of the molecule is Cc1cc(C(C)Nc2ccccc2C(=O)O)c2oc(-c3ccc4c(cnn4Cc4ccccc4)c3)c(C)c(=O)c2c1. The van der Waals surface area contributed by atoms with Crippen LogP contribution in [0.2, 0.25) is 0 Å². The van der Waals surface area contributed by atoms with Gasteiger partial charge in [0.2, 0.25) is 0 Å². The number of aromatic carboxylic acids is 1. The number of nitrogens with one attached hydrogen (secondary N) is 1. The van der Waals surface area contributed by atoms with Crippen LogP contribution in [0.15, 0.2) is 100 Å². The van der Waals surface area contributed by atoms with E-state index in [2.05, 4.69) is 22.5 Å². The Bertz CT molecular complexity index is 1990. The zero-order valence-electron chi connectivity index (χ0n) is 23.0. The van der Waals surface area contributed by atoms with Gasteiger partial charge in [-0.2, -0.15) is 5.10 Å². The molecule has 0 bridgehead atoms. The molecule has 0 aliphatic rings. The van der Waals surface area contributed by atoms with Crippen LogP contribution < -0.4 is 10.7 Å². The van der Waals surface area contributed by atoms with Gasteiger partial charge in [-0.25, -0.2) is 4.79 Å². The third-order valence-electron chi connectivity index (χ3n) is 7.47. The van der Waals surface area contributed by atoms with Crippen molar-refractivity contribution in [2.24, 2.45) is 0 Å². The van der Waals surface area contributed by atoms with Crippen LogP contribution in [0, 0.1) is 13.8 Å². The molecule has 1 unspecified atom stereocenters. The first kappa shape index (κ1) is 26.1. The molecule has 0 aliphatic carbocycles. The van der Waals surface area contributed by atoms with E-state index in [1.54, 1.807) is 31.2 Å². The molecule has 6 aromatic rings. The van der Waals surface area contributed by atoms with Gasteiger partial charge in [0.25, 0.3) is 0 Å². The molecule has 7 nitrogen and oxygen atoms in total. The molecule has 1 atom stereocenters. The Labute approximate surface area is 236 Å². The fourth-order valence-corrected chi connectivity index (χ4v) is 5.38. The lowest BCUT2D eigenvalue weighted by Gasteiger charge is -2.20. The fraction of sp³-hybridized carbons (Fsp3) is 0.147. The maximum Gasteiger partial charge on any atom is 0.337 e.